The van der Waals surface area contributed by atoms with Gasteiger partial charge in [0, 0.05) is 26.0 Å². The second-order valence-electron chi connectivity index (χ2n) is 5.07. The maximum absolute atomic E-state index is 12.0. The van der Waals surface area contributed by atoms with Crippen molar-refractivity contribution in [3.05, 3.63) is 46.6 Å². The summed E-state index contributed by atoms with van der Waals surface area (Å²) < 4.78 is 14.0. The number of fused-ring (bicyclic) bond motifs is 1. The van der Waals surface area contributed by atoms with Crippen LogP contribution in [0.25, 0.3) is 0 Å². The van der Waals surface area contributed by atoms with Crippen LogP contribution < -0.4 is 20.5 Å². The molecule has 0 saturated carbocycles. The Hall–Kier alpha value is -2.21. The zero-order valence-electron chi connectivity index (χ0n) is 12.2. The number of rotatable bonds is 5. The molecule has 1 aromatic carbocycles. The molecule has 6 nitrogen and oxygen atoms in total. The van der Waals surface area contributed by atoms with Crippen LogP contribution in [0.3, 0.4) is 0 Å². The SMILES string of the molecule is CCNC(Cn1ccn(C)c1=O)c1ccc2c(c1)OCO2. The minimum absolute atomic E-state index is 0.0151. The van der Waals surface area contributed by atoms with E-state index < -0.39 is 0 Å². The Morgan fingerprint density at radius 1 is 1.29 bits per heavy atom. The van der Waals surface area contributed by atoms with Crippen LogP contribution in [0.4, 0.5) is 0 Å². The lowest BCUT2D eigenvalue weighted by Gasteiger charge is -2.19. The molecule has 1 aliphatic heterocycles. The molecule has 0 saturated heterocycles. The van der Waals surface area contributed by atoms with E-state index in [1.54, 1.807) is 28.6 Å². The predicted octanol–water partition coefficient (Wildman–Crippen LogP) is 1.27. The molecule has 1 aliphatic rings. The molecule has 1 N–H and O–H groups in total. The van der Waals surface area contributed by atoms with Gasteiger partial charge in [-0.2, -0.15) is 0 Å². The van der Waals surface area contributed by atoms with Gasteiger partial charge < -0.3 is 19.4 Å². The normalized spacial score (nSPS) is 14.4. The van der Waals surface area contributed by atoms with E-state index in [9.17, 15) is 4.79 Å². The first-order valence-electron chi connectivity index (χ1n) is 7.03. The maximum atomic E-state index is 12.0. The Balaban J connectivity index is 1.87. The van der Waals surface area contributed by atoms with Gasteiger partial charge in [-0.25, -0.2) is 4.79 Å². The zero-order chi connectivity index (χ0) is 14.8. The predicted molar refractivity (Wildman–Crippen MR) is 78.7 cm³/mol. The molecule has 0 fully saturated rings. The molecule has 0 bridgehead atoms. The summed E-state index contributed by atoms with van der Waals surface area (Å²) in [7, 11) is 1.75. The number of benzene rings is 1. The van der Waals surface area contributed by atoms with Crippen LogP contribution >= 0.6 is 0 Å². The molecule has 1 atom stereocenters. The summed E-state index contributed by atoms with van der Waals surface area (Å²) in [4.78, 5) is 12.0. The number of nitrogens with zero attached hydrogens (tertiary/aromatic N) is 2. The van der Waals surface area contributed by atoms with Crippen LogP contribution in [-0.4, -0.2) is 22.5 Å². The molecule has 0 radical (unpaired) electrons. The van der Waals surface area contributed by atoms with Gasteiger partial charge in [0.25, 0.3) is 0 Å². The summed E-state index contributed by atoms with van der Waals surface area (Å²) in [6, 6.07) is 5.94. The number of ether oxygens (including phenoxy) is 2. The molecule has 2 heterocycles. The highest BCUT2D eigenvalue weighted by Crippen LogP contribution is 2.34. The Morgan fingerprint density at radius 3 is 2.81 bits per heavy atom. The topological polar surface area (TPSA) is 57.4 Å². The molecule has 0 aliphatic carbocycles. The number of nitrogens with one attached hydrogen (secondary N) is 1. The molecular weight excluding hydrogens is 270 g/mol. The Bertz CT molecular complexity index is 690. The molecule has 0 amide bonds. The molecule has 112 valence electrons. The van der Waals surface area contributed by atoms with Gasteiger partial charge in [0.05, 0.1) is 6.04 Å². The zero-order valence-corrected chi connectivity index (χ0v) is 12.2. The van der Waals surface area contributed by atoms with E-state index in [-0.39, 0.29) is 18.5 Å². The second kappa shape index (κ2) is 5.65. The van der Waals surface area contributed by atoms with Crippen LogP contribution in [0.15, 0.2) is 35.4 Å². The molecule has 1 aromatic heterocycles. The summed E-state index contributed by atoms with van der Waals surface area (Å²) in [6.45, 7) is 3.71. The van der Waals surface area contributed by atoms with E-state index in [2.05, 4.69) is 5.32 Å². The lowest BCUT2D eigenvalue weighted by molar-refractivity contribution is 0.174. The smallest absolute Gasteiger partial charge is 0.327 e. The van der Waals surface area contributed by atoms with Crippen LogP contribution in [-0.2, 0) is 13.6 Å². The van der Waals surface area contributed by atoms with Gasteiger partial charge in [-0.05, 0) is 24.2 Å². The first-order chi connectivity index (χ1) is 10.2. The quantitative estimate of drug-likeness (QED) is 0.900. The van der Waals surface area contributed by atoms with Gasteiger partial charge in [0.15, 0.2) is 11.5 Å². The highest BCUT2D eigenvalue weighted by atomic mass is 16.7. The minimum atomic E-state index is -0.0151. The van der Waals surface area contributed by atoms with Crippen LogP contribution in [0.5, 0.6) is 11.5 Å². The number of hydrogen-bond acceptors (Lipinski definition) is 4. The fourth-order valence-corrected chi connectivity index (χ4v) is 2.51. The van der Waals surface area contributed by atoms with E-state index in [0.717, 1.165) is 23.6 Å². The fourth-order valence-electron chi connectivity index (χ4n) is 2.51. The molecule has 0 spiro atoms. The summed E-state index contributed by atoms with van der Waals surface area (Å²) in [6.07, 6.45) is 3.57. The fraction of sp³-hybridized carbons (Fsp3) is 0.400. The summed E-state index contributed by atoms with van der Waals surface area (Å²) >= 11 is 0. The molecular formula is C15H19N3O3. The van der Waals surface area contributed by atoms with Crippen molar-refractivity contribution in [2.24, 2.45) is 7.05 Å². The van der Waals surface area contributed by atoms with Crippen molar-refractivity contribution in [2.45, 2.75) is 19.5 Å². The third-order valence-electron chi connectivity index (χ3n) is 3.65. The lowest BCUT2D eigenvalue weighted by Crippen LogP contribution is -2.30. The van der Waals surface area contributed by atoms with Gasteiger partial charge in [0.2, 0.25) is 6.79 Å². The molecule has 3 rings (SSSR count). The molecule has 1 unspecified atom stereocenters. The highest BCUT2D eigenvalue weighted by molar-refractivity contribution is 5.45. The number of aryl methyl sites for hydroxylation is 1. The Kier molecular flexibility index (Phi) is 3.70. The van der Waals surface area contributed by atoms with Gasteiger partial charge in [-0.15, -0.1) is 0 Å². The van der Waals surface area contributed by atoms with Crippen molar-refractivity contribution < 1.29 is 9.47 Å². The highest BCUT2D eigenvalue weighted by Gasteiger charge is 2.18. The number of aromatic nitrogens is 2. The van der Waals surface area contributed by atoms with Crippen LogP contribution in [0.1, 0.15) is 18.5 Å². The van der Waals surface area contributed by atoms with Gasteiger partial charge >= 0.3 is 5.69 Å². The van der Waals surface area contributed by atoms with Gasteiger partial charge in [0.1, 0.15) is 0 Å². The number of likely N-dealkylation sites (N-methyl/N-ethyl adjacent to an activating group) is 1. The average Bonchev–Trinajstić information content (AvgIpc) is 3.07. The number of imidazole rings is 1. The summed E-state index contributed by atoms with van der Waals surface area (Å²) in [5, 5.41) is 3.41. The summed E-state index contributed by atoms with van der Waals surface area (Å²) in [5.74, 6) is 1.53. The van der Waals surface area contributed by atoms with E-state index in [0.29, 0.717) is 6.54 Å². The van der Waals surface area contributed by atoms with E-state index in [1.807, 2.05) is 25.1 Å². The van der Waals surface area contributed by atoms with Gasteiger partial charge in [-0.3, -0.25) is 4.57 Å². The monoisotopic (exact) mass is 289 g/mol. The first-order valence-corrected chi connectivity index (χ1v) is 7.03. The molecule has 21 heavy (non-hydrogen) atoms. The van der Waals surface area contributed by atoms with Gasteiger partial charge in [-0.1, -0.05) is 13.0 Å². The first kappa shape index (κ1) is 13.8. The molecule has 6 heteroatoms. The van der Waals surface area contributed by atoms with Crippen molar-refractivity contribution in [3.63, 3.8) is 0 Å². The van der Waals surface area contributed by atoms with Crippen molar-refractivity contribution in [3.8, 4) is 11.5 Å². The van der Waals surface area contributed by atoms with Crippen molar-refractivity contribution in [2.75, 3.05) is 13.3 Å². The minimum Gasteiger partial charge on any atom is -0.454 e. The lowest BCUT2D eigenvalue weighted by atomic mass is 10.1. The van der Waals surface area contributed by atoms with Crippen LogP contribution in [0.2, 0.25) is 0 Å². The van der Waals surface area contributed by atoms with Crippen molar-refractivity contribution >= 4 is 0 Å². The standard InChI is InChI=1S/C15H19N3O3/c1-3-16-12(9-18-7-6-17(2)15(18)19)11-4-5-13-14(8-11)21-10-20-13/h4-8,12,16H,3,9-10H2,1-2H3. The Morgan fingerprint density at radius 2 is 2.10 bits per heavy atom. The largest absolute Gasteiger partial charge is 0.454 e. The number of hydrogen-bond donors (Lipinski definition) is 1. The molecule has 2 aromatic rings. The van der Waals surface area contributed by atoms with Crippen LogP contribution in [0, 0.1) is 0 Å². The van der Waals surface area contributed by atoms with E-state index in [1.165, 1.54) is 0 Å². The summed E-state index contributed by atoms with van der Waals surface area (Å²) in [5.41, 5.74) is 1.07. The Labute approximate surface area is 122 Å². The van der Waals surface area contributed by atoms with E-state index >= 15 is 0 Å². The van der Waals surface area contributed by atoms with Crippen molar-refractivity contribution in [1.82, 2.24) is 14.5 Å². The average molecular weight is 289 g/mol. The third-order valence-corrected chi connectivity index (χ3v) is 3.65. The third kappa shape index (κ3) is 2.67. The maximum Gasteiger partial charge on any atom is 0.327 e. The second-order valence-corrected chi connectivity index (χ2v) is 5.07. The van der Waals surface area contributed by atoms with E-state index in [4.69, 9.17) is 9.47 Å². The van der Waals surface area contributed by atoms with Crippen molar-refractivity contribution in [1.29, 1.82) is 0 Å².